The van der Waals surface area contributed by atoms with Crippen molar-refractivity contribution in [2.24, 2.45) is 28.1 Å². The average Bonchev–Trinajstić information content (AvgIpc) is 3.68. The number of carboxylic acid groups (broad SMARTS) is 1. The summed E-state index contributed by atoms with van der Waals surface area (Å²) in [6.45, 7) is 5.59. The van der Waals surface area contributed by atoms with Gasteiger partial charge in [-0.3, -0.25) is 29.0 Å². The molecule has 0 radical (unpaired) electrons. The Morgan fingerprint density at radius 1 is 0.776 bits per heavy atom. The summed E-state index contributed by atoms with van der Waals surface area (Å²) >= 11 is 0. The highest BCUT2D eigenvalue weighted by molar-refractivity contribution is 5.97. The van der Waals surface area contributed by atoms with Crippen molar-refractivity contribution < 1.29 is 33.9 Å². The first-order valence-electron chi connectivity index (χ1n) is 19.7. The number of carbonyl (C=O) groups is 6. The van der Waals surface area contributed by atoms with E-state index in [1.165, 1.54) is 11.8 Å². The van der Waals surface area contributed by atoms with Crippen LogP contribution in [0.4, 0.5) is 0 Å². The second-order valence-electron chi connectivity index (χ2n) is 15.2. The Balaban J connectivity index is 1.47. The van der Waals surface area contributed by atoms with Gasteiger partial charge in [-0.25, -0.2) is 4.79 Å². The molecule has 0 aliphatic carbocycles. The van der Waals surface area contributed by atoms with E-state index in [0.29, 0.717) is 12.8 Å². The number of nitrogens with two attached hydrogens (primary N) is 3. The number of nitrogens with one attached hydrogen (secondary N) is 4. The summed E-state index contributed by atoms with van der Waals surface area (Å²) in [5, 5.41) is 22.3. The minimum Gasteiger partial charge on any atom is -0.480 e. The SMILES string of the molecule is CC(C)C[C@H](NC(=O)[C@@H]1CCCN1C(=O)[C@H](Cc1ccc2ccccc2c1)NC(=O)[C@@H](N)Cc1ccccc1)C(=O)N[C@@H](C)C(=O)N[C@@H](CCCN=C(N)N)C(=O)O. The molecule has 0 bridgehead atoms. The Bertz CT molecular complexity index is 1940. The number of likely N-dealkylation sites (tertiary alicyclic amines) is 1. The van der Waals surface area contributed by atoms with E-state index in [1.54, 1.807) is 0 Å². The van der Waals surface area contributed by atoms with Gasteiger partial charge in [0.15, 0.2) is 5.96 Å². The smallest absolute Gasteiger partial charge is 0.326 e. The van der Waals surface area contributed by atoms with Crippen LogP contribution >= 0.6 is 0 Å². The maximum Gasteiger partial charge on any atom is 0.326 e. The molecule has 0 saturated carbocycles. The van der Waals surface area contributed by atoms with E-state index in [2.05, 4.69) is 26.3 Å². The van der Waals surface area contributed by atoms with Gasteiger partial charge in [0.25, 0.3) is 0 Å². The fourth-order valence-corrected chi connectivity index (χ4v) is 6.95. The van der Waals surface area contributed by atoms with Gasteiger partial charge >= 0.3 is 5.97 Å². The second-order valence-corrected chi connectivity index (χ2v) is 15.2. The zero-order chi connectivity index (χ0) is 42.4. The van der Waals surface area contributed by atoms with Crippen molar-refractivity contribution in [3.05, 3.63) is 83.9 Å². The molecule has 0 aromatic heterocycles. The van der Waals surface area contributed by atoms with E-state index in [1.807, 2.05) is 86.6 Å². The zero-order valence-electron chi connectivity index (χ0n) is 33.4. The lowest BCUT2D eigenvalue weighted by atomic mass is 9.99. The monoisotopic (exact) mass is 799 g/mol. The highest BCUT2D eigenvalue weighted by atomic mass is 16.4. The van der Waals surface area contributed by atoms with Crippen LogP contribution < -0.4 is 38.5 Å². The number of aliphatic carboxylic acids is 1. The van der Waals surface area contributed by atoms with Crippen LogP contribution in [0.1, 0.15) is 64.0 Å². The fourth-order valence-electron chi connectivity index (χ4n) is 6.95. The molecule has 1 heterocycles. The van der Waals surface area contributed by atoms with E-state index in [9.17, 15) is 33.9 Å². The number of benzene rings is 3. The van der Waals surface area contributed by atoms with Crippen LogP contribution in [0.3, 0.4) is 0 Å². The molecular formula is C42H57N9O7. The van der Waals surface area contributed by atoms with Crippen molar-refractivity contribution in [2.45, 2.75) is 102 Å². The van der Waals surface area contributed by atoms with E-state index < -0.39 is 71.8 Å². The Kier molecular flexibility index (Phi) is 16.5. The molecule has 3 aromatic carbocycles. The van der Waals surface area contributed by atoms with Gasteiger partial charge in [0.2, 0.25) is 29.5 Å². The molecule has 16 heteroatoms. The Hall–Kier alpha value is -6.03. The van der Waals surface area contributed by atoms with Crippen LogP contribution in [0, 0.1) is 5.92 Å². The van der Waals surface area contributed by atoms with Crippen LogP contribution in [0.5, 0.6) is 0 Å². The summed E-state index contributed by atoms with van der Waals surface area (Å²) in [6.07, 6.45) is 1.81. The first-order valence-corrected chi connectivity index (χ1v) is 19.7. The molecule has 11 N–H and O–H groups in total. The Labute approximate surface area is 338 Å². The molecule has 1 aliphatic rings. The van der Waals surface area contributed by atoms with Crippen LogP contribution in [0.25, 0.3) is 10.8 Å². The minimum atomic E-state index is -1.26. The second kappa shape index (κ2) is 21.5. The Morgan fingerprint density at radius 2 is 1.45 bits per heavy atom. The molecule has 1 saturated heterocycles. The van der Waals surface area contributed by atoms with Crippen molar-refractivity contribution in [3.8, 4) is 0 Å². The Morgan fingerprint density at radius 3 is 2.12 bits per heavy atom. The molecular weight excluding hydrogens is 743 g/mol. The van der Waals surface area contributed by atoms with Gasteiger partial charge in [-0.05, 0) is 73.3 Å². The molecule has 16 nitrogen and oxygen atoms in total. The first-order chi connectivity index (χ1) is 27.6. The first kappa shape index (κ1) is 44.7. The van der Waals surface area contributed by atoms with Gasteiger partial charge in [0.1, 0.15) is 30.2 Å². The van der Waals surface area contributed by atoms with E-state index in [4.69, 9.17) is 17.2 Å². The number of hydrogen-bond donors (Lipinski definition) is 8. The summed E-state index contributed by atoms with van der Waals surface area (Å²) in [7, 11) is 0. The number of aliphatic imine (C=N–C) groups is 1. The van der Waals surface area contributed by atoms with Gasteiger partial charge in [0.05, 0.1) is 6.04 Å². The highest BCUT2D eigenvalue weighted by Crippen LogP contribution is 2.22. The zero-order valence-corrected chi connectivity index (χ0v) is 33.4. The summed E-state index contributed by atoms with van der Waals surface area (Å²) < 4.78 is 0. The molecule has 0 spiro atoms. The fraction of sp³-hybridized carbons (Fsp3) is 0.452. The predicted octanol–water partition coefficient (Wildman–Crippen LogP) is 1.09. The van der Waals surface area contributed by atoms with Crippen molar-refractivity contribution in [1.29, 1.82) is 0 Å². The number of nitrogens with zero attached hydrogens (tertiary/aromatic N) is 2. The normalized spacial score (nSPS) is 16.4. The van der Waals surface area contributed by atoms with Gasteiger partial charge in [0, 0.05) is 19.5 Å². The van der Waals surface area contributed by atoms with Crippen molar-refractivity contribution >= 4 is 52.2 Å². The molecule has 4 rings (SSSR count). The molecule has 1 aliphatic heterocycles. The lowest BCUT2D eigenvalue weighted by Crippen LogP contribution is -2.59. The molecule has 1 fully saturated rings. The minimum absolute atomic E-state index is 0.0500. The van der Waals surface area contributed by atoms with Crippen molar-refractivity contribution in [1.82, 2.24) is 26.2 Å². The maximum absolute atomic E-state index is 14.4. The van der Waals surface area contributed by atoms with Crippen LogP contribution in [-0.2, 0) is 41.6 Å². The summed E-state index contributed by atoms with van der Waals surface area (Å²) in [4.78, 5) is 85.5. The summed E-state index contributed by atoms with van der Waals surface area (Å²) in [5.74, 6) is -4.32. The number of amides is 5. The number of rotatable bonds is 20. The van der Waals surface area contributed by atoms with Gasteiger partial charge < -0.3 is 48.5 Å². The predicted molar refractivity (Wildman–Crippen MR) is 221 cm³/mol. The summed E-state index contributed by atoms with van der Waals surface area (Å²) in [6, 6.07) is 16.6. The number of carbonyl (C=O) groups excluding carboxylic acids is 5. The van der Waals surface area contributed by atoms with Crippen LogP contribution in [0.2, 0.25) is 0 Å². The number of carboxylic acids is 1. The van der Waals surface area contributed by atoms with E-state index in [0.717, 1.165) is 21.9 Å². The average molecular weight is 800 g/mol. The third kappa shape index (κ3) is 13.3. The topological polar surface area (TPSA) is 264 Å². The number of fused-ring (bicyclic) bond motifs is 1. The van der Waals surface area contributed by atoms with Gasteiger partial charge in [-0.15, -0.1) is 0 Å². The van der Waals surface area contributed by atoms with Crippen LogP contribution in [0.15, 0.2) is 77.8 Å². The maximum atomic E-state index is 14.4. The van der Waals surface area contributed by atoms with Gasteiger partial charge in [-0.2, -0.15) is 0 Å². The molecule has 312 valence electrons. The van der Waals surface area contributed by atoms with E-state index in [-0.39, 0.29) is 57.1 Å². The lowest BCUT2D eigenvalue weighted by molar-refractivity contribution is -0.143. The third-order valence-electron chi connectivity index (χ3n) is 9.99. The van der Waals surface area contributed by atoms with Crippen molar-refractivity contribution in [3.63, 3.8) is 0 Å². The quantitative estimate of drug-likeness (QED) is 0.0458. The lowest BCUT2D eigenvalue weighted by Gasteiger charge is -2.31. The molecule has 3 aromatic rings. The molecule has 6 atom stereocenters. The highest BCUT2D eigenvalue weighted by Gasteiger charge is 2.39. The molecule has 58 heavy (non-hydrogen) atoms. The third-order valence-corrected chi connectivity index (χ3v) is 9.99. The van der Waals surface area contributed by atoms with Gasteiger partial charge in [-0.1, -0.05) is 86.6 Å². The van der Waals surface area contributed by atoms with Crippen LogP contribution in [-0.4, -0.2) is 101 Å². The molecule has 0 unspecified atom stereocenters. The molecule has 5 amide bonds. The summed E-state index contributed by atoms with van der Waals surface area (Å²) in [5.41, 5.74) is 18.6. The largest absolute Gasteiger partial charge is 0.480 e. The number of guanidine groups is 1. The van der Waals surface area contributed by atoms with Crippen molar-refractivity contribution in [2.75, 3.05) is 13.1 Å². The number of hydrogen-bond acceptors (Lipinski definition) is 8. The standard InChI is InChI=1S/C42H57N9O7/c1-25(2)21-33(38(54)47-26(3)36(52)48-32(41(57)58)15-9-19-46-42(44)45)49-39(55)35-16-10-20-51(35)40(56)34(24-28-17-18-29-13-7-8-14-30(29)22-28)50-37(53)31(43)23-27-11-5-4-6-12-27/h4-8,11-14,17-18,22,25-26,31-35H,9-10,15-16,19-21,23-24,43H2,1-3H3,(H,47,54)(H,48,52)(H,49,55)(H,50,53)(H,57,58)(H4,44,45,46)/t26-,31-,32-,33-,34-,35-/m0/s1. The van der Waals surface area contributed by atoms with E-state index >= 15 is 0 Å².